The summed E-state index contributed by atoms with van der Waals surface area (Å²) in [7, 11) is 1.29. The van der Waals surface area contributed by atoms with Crippen LogP contribution < -0.4 is 5.32 Å². The summed E-state index contributed by atoms with van der Waals surface area (Å²) in [6.45, 7) is 9.43. The molecular weight excluding hydrogens is 418 g/mol. The minimum atomic E-state index is -0.615. The number of dihydropyridines is 1. The number of ether oxygens (including phenoxy) is 3. The highest BCUT2D eigenvalue weighted by molar-refractivity contribution is 5.92. The summed E-state index contributed by atoms with van der Waals surface area (Å²) in [5, 5.41) is 18.3. The lowest BCUT2D eigenvalue weighted by Gasteiger charge is -2.33. The van der Waals surface area contributed by atoms with Crippen molar-refractivity contribution >= 4 is 18.1 Å². The van der Waals surface area contributed by atoms with Gasteiger partial charge in [-0.25, -0.2) is 4.79 Å². The van der Waals surface area contributed by atoms with Gasteiger partial charge in [0, 0.05) is 48.5 Å². The molecule has 2 rings (SSSR count). The number of carbonyl (C=O) groups excluding carboxylic acids is 1. The van der Waals surface area contributed by atoms with Gasteiger partial charge in [0.1, 0.15) is 6.10 Å². The molecule has 0 radical (unpaired) electrons. The molecular formula is C22H29N3O7. The first kappa shape index (κ1) is 24.9. The highest BCUT2D eigenvalue weighted by Gasteiger charge is 2.37. The van der Waals surface area contributed by atoms with E-state index in [9.17, 15) is 14.9 Å². The number of oxime groups is 1. The number of benzene rings is 1. The average molecular weight is 447 g/mol. The highest BCUT2D eigenvalue weighted by Crippen LogP contribution is 2.41. The fourth-order valence-corrected chi connectivity index (χ4v) is 3.66. The molecule has 0 spiro atoms. The van der Waals surface area contributed by atoms with E-state index in [1.54, 1.807) is 32.9 Å². The molecule has 0 aliphatic carbocycles. The zero-order valence-corrected chi connectivity index (χ0v) is 19.1. The molecule has 1 aliphatic heterocycles. The summed E-state index contributed by atoms with van der Waals surface area (Å²) in [4.78, 5) is 28.7. The van der Waals surface area contributed by atoms with Crippen LogP contribution in [0, 0.1) is 10.1 Å². The molecule has 174 valence electrons. The van der Waals surface area contributed by atoms with E-state index in [2.05, 4.69) is 10.5 Å². The fraction of sp³-hybridized carbons (Fsp3) is 0.455. The Kier molecular flexibility index (Phi) is 8.77. The van der Waals surface area contributed by atoms with Gasteiger partial charge in [-0.05, 0) is 33.3 Å². The van der Waals surface area contributed by atoms with Gasteiger partial charge < -0.3 is 24.4 Å². The van der Waals surface area contributed by atoms with Crippen LogP contribution in [0.5, 0.6) is 0 Å². The first-order valence-corrected chi connectivity index (χ1v) is 10.2. The van der Waals surface area contributed by atoms with Crippen LogP contribution in [0.25, 0.3) is 0 Å². The normalized spacial score (nSPS) is 18.2. The van der Waals surface area contributed by atoms with Crippen molar-refractivity contribution in [2.24, 2.45) is 5.16 Å². The van der Waals surface area contributed by atoms with Gasteiger partial charge in [0.05, 0.1) is 17.6 Å². The number of non-ortho nitro benzene ring substituents is 1. The molecule has 1 heterocycles. The Hall–Kier alpha value is -3.40. The van der Waals surface area contributed by atoms with E-state index in [1.165, 1.54) is 19.2 Å². The third-order valence-corrected chi connectivity index (χ3v) is 4.99. The molecule has 10 nitrogen and oxygen atoms in total. The predicted molar refractivity (Wildman–Crippen MR) is 118 cm³/mol. The van der Waals surface area contributed by atoms with Crippen molar-refractivity contribution in [2.75, 3.05) is 13.7 Å². The largest absolute Gasteiger partial charge is 0.473 e. The maximum Gasteiger partial charge on any atom is 0.336 e. The molecule has 0 fully saturated rings. The lowest BCUT2D eigenvalue weighted by atomic mass is 9.78. The average Bonchev–Trinajstić information content (AvgIpc) is 2.75. The number of allylic oxidation sites excluding steroid dienone is 2. The Labute approximate surface area is 187 Å². The van der Waals surface area contributed by atoms with Crippen LogP contribution in [0.2, 0.25) is 0 Å². The number of rotatable bonds is 10. The van der Waals surface area contributed by atoms with E-state index in [4.69, 9.17) is 19.0 Å². The molecule has 10 heteroatoms. The van der Waals surface area contributed by atoms with Gasteiger partial charge >= 0.3 is 5.97 Å². The zero-order valence-electron chi connectivity index (χ0n) is 19.1. The first-order valence-electron chi connectivity index (χ1n) is 10.2. The number of methoxy groups -OCH3 is 1. The SMILES string of the molecule is CCOC(C)O/N=C/OC(C)C1=C(C)NC(C)=C(C(=O)OC)C1c1cccc([N+](=O)[O-])c1. The Morgan fingerprint density at radius 2 is 2.03 bits per heavy atom. The molecule has 3 unspecified atom stereocenters. The first-order chi connectivity index (χ1) is 15.2. The second-order valence-electron chi connectivity index (χ2n) is 7.14. The quantitative estimate of drug-likeness (QED) is 0.144. The molecule has 1 aromatic carbocycles. The number of carbonyl (C=O) groups is 1. The second-order valence-corrected chi connectivity index (χ2v) is 7.14. The Morgan fingerprint density at radius 3 is 2.66 bits per heavy atom. The summed E-state index contributed by atoms with van der Waals surface area (Å²) >= 11 is 0. The third-order valence-electron chi connectivity index (χ3n) is 4.99. The van der Waals surface area contributed by atoms with Crippen LogP contribution >= 0.6 is 0 Å². The number of nitrogens with one attached hydrogen (secondary N) is 1. The molecule has 32 heavy (non-hydrogen) atoms. The Balaban J connectivity index is 2.43. The molecule has 3 atom stereocenters. The smallest absolute Gasteiger partial charge is 0.336 e. The van der Waals surface area contributed by atoms with E-state index in [-0.39, 0.29) is 5.69 Å². The number of nitro benzene ring substituents is 1. The van der Waals surface area contributed by atoms with E-state index >= 15 is 0 Å². The van der Waals surface area contributed by atoms with E-state index in [1.807, 2.05) is 13.8 Å². The van der Waals surface area contributed by atoms with Crippen LogP contribution in [0.15, 0.2) is 52.0 Å². The summed E-state index contributed by atoms with van der Waals surface area (Å²) in [5.41, 5.74) is 2.92. The topological polar surface area (TPSA) is 122 Å². The highest BCUT2D eigenvalue weighted by atomic mass is 16.8. The minimum Gasteiger partial charge on any atom is -0.473 e. The number of hydrogen-bond acceptors (Lipinski definition) is 9. The Morgan fingerprint density at radius 1 is 1.31 bits per heavy atom. The van der Waals surface area contributed by atoms with Crippen LogP contribution in [-0.4, -0.2) is 43.4 Å². The number of nitro groups is 1. The third kappa shape index (κ3) is 5.85. The number of hydrogen-bond donors (Lipinski definition) is 1. The lowest BCUT2D eigenvalue weighted by molar-refractivity contribution is -0.384. The van der Waals surface area contributed by atoms with Gasteiger partial charge in [0.2, 0.25) is 12.7 Å². The van der Waals surface area contributed by atoms with E-state index in [0.717, 1.165) is 12.1 Å². The number of esters is 1. The van der Waals surface area contributed by atoms with Crippen molar-refractivity contribution in [2.45, 2.75) is 52.9 Å². The zero-order chi connectivity index (χ0) is 23.8. The van der Waals surface area contributed by atoms with Crippen molar-refractivity contribution in [1.82, 2.24) is 5.32 Å². The molecule has 0 bridgehead atoms. The number of nitrogens with zero attached hydrogens (tertiary/aromatic N) is 2. The maximum absolute atomic E-state index is 12.7. The molecule has 1 N–H and O–H groups in total. The molecule has 0 saturated heterocycles. The van der Waals surface area contributed by atoms with Crippen LogP contribution in [0.3, 0.4) is 0 Å². The van der Waals surface area contributed by atoms with Gasteiger partial charge in [-0.1, -0.05) is 17.3 Å². The summed E-state index contributed by atoms with van der Waals surface area (Å²) in [6, 6.07) is 6.18. The fourth-order valence-electron chi connectivity index (χ4n) is 3.66. The maximum atomic E-state index is 12.7. The summed E-state index contributed by atoms with van der Waals surface area (Å²) in [6.07, 6.45) is 0.0874. The van der Waals surface area contributed by atoms with Gasteiger partial charge in [0.25, 0.3) is 5.69 Å². The molecule has 0 aromatic heterocycles. The van der Waals surface area contributed by atoms with Crippen molar-refractivity contribution in [1.29, 1.82) is 0 Å². The van der Waals surface area contributed by atoms with E-state index in [0.29, 0.717) is 29.0 Å². The van der Waals surface area contributed by atoms with Gasteiger partial charge in [0.15, 0.2) is 0 Å². The lowest BCUT2D eigenvalue weighted by Crippen LogP contribution is -2.33. The molecule has 0 amide bonds. The van der Waals surface area contributed by atoms with Gasteiger partial charge in [-0.15, -0.1) is 0 Å². The minimum absolute atomic E-state index is 0.0756. The second kappa shape index (κ2) is 11.3. The van der Waals surface area contributed by atoms with Gasteiger partial charge in [-0.2, -0.15) is 0 Å². The van der Waals surface area contributed by atoms with Crippen molar-refractivity contribution in [3.05, 3.63) is 62.5 Å². The van der Waals surface area contributed by atoms with Crippen molar-refractivity contribution < 1.29 is 28.8 Å². The molecule has 1 aromatic rings. The standard InChI is InChI=1S/C22H29N3O7/c1-7-30-16(5)32-23-12-31-15(4)19-13(2)24-14(3)20(22(26)29-6)21(19)17-9-8-10-18(11-17)25(27)28/h8-12,15-16,21,24H,7H2,1-6H3/b23-12+. The monoisotopic (exact) mass is 447 g/mol. The van der Waals surface area contributed by atoms with Gasteiger partial charge in [-0.3, -0.25) is 10.1 Å². The van der Waals surface area contributed by atoms with Crippen molar-refractivity contribution in [3.8, 4) is 0 Å². The molecule has 0 saturated carbocycles. The van der Waals surface area contributed by atoms with Crippen molar-refractivity contribution in [3.63, 3.8) is 0 Å². The van der Waals surface area contributed by atoms with Crippen LogP contribution in [0.4, 0.5) is 5.69 Å². The van der Waals surface area contributed by atoms with E-state index < -0.39 is 29.2 Å². The van der Waals surface area contributed by atoms with Crippen LogP contribution in [-0.2, 0) is 23.8 Å². The summed E-state index contributed by atoms with van der Waals surface area (Å²) < 4.78 is 16.0. The molecule has 1 aliphatic rings. The Bertz CT molecular complexity index is 939. The predicted octanol–water partition coefficient (Wildman–Crippen LogP) is 3.75. The van der Waals surface area contributed by atoms with Crippen LogP contribution in [0.1, 0.15) is 46.1 Å². The summed E-state index contributed by atoms with van der Waals surface area (Å²) in [5.74, 6) is -1.15.